The Morgan fingerprint density at radius 2 is 2.06 bits per heavy atom. The zero-order valence-electron chi connectivity index (χ0n) is 10.1. The van der Waals surface area contributed by atoms with E-state index in [0.29, 0.717) is 5.11 Å². The fourth-order valence-corrected chi connectivity index (χ4v) is 1.59. The highest BCUT2D eigenvalue weighted by Gasteiger charge is 2.05. The van der Waals surface area contributed by atoms with Crippen LogP contribution in [0.2, 0.25) is 0 Å². The number of aliphatic hydroxyl groups is 1. The van der Waals surface area contributed by atoms with Crippen LogP contribution in [0.15, 0.2) is 24.3 Å². The molecule has 3 N–H and O–H groups in total. The first-order valence-electron chi connectivity index (χ1n) is 5.52. The molecule has 0 heterocycles. The van der Waals surface area contributed by atoms with Crippen molar-refractivity contribution in [3.05, 3.63) is 24.3 Å². The van der Waals surface area contributed by atoms with Crippen LogP contribution in [0.25, 0.3) is 0 Å². The number of ether oxygens (including phenoxy) is 1. The molecule has 0 saturated carbocycles. The molecule has 17 heavy (non-hydrogen) atoms. The summed E-state index contributed by atoms with van der Waals surface area (Å²) in [6.45, 7) is 2.06. The van der Waals surface area contributed by atoms with Crippen LogP contribution in [-0.4, -0.2) is 30.0 Å². The molecule has 0 bridgehead atoms. The molecule has 0 fully saturated rings. The molecule has 0 saturated heterocycles. The lowest BCUT2D eigenvalue weighted by Gasteiger charge is -2.17. The van der Waals surface area contributed by atoms with Crippen molar-refractivity contribution in [2.75, 3.05) is 19.0 Å². The van der Waals surface area contributed by atoms with Gasteiger partial charge in [0.1, 0.15) is 5.75 Å². The highest BCUT2D eigenvalue weighted by atomic mass is 32.1. The molecule has 0 amide bonds. The lowest BCUT2D eigenvalue weighted by molar-refractivity contribution is 0.253. The van der Waals surface area contributed by atoms with E-state index >= 15 is 0 Å². The summed E-state index contributed by atoms with van der Waals surface area (Å²) < 4.78 is 5.06. The van der Waals surface area contributed by atoms with Gasteiger partial charge in [-0.2, -0.15) is 0 Å². The lowest BCUT2D eigenvalue weighted by atomic mass is 10.2. The zero-order chi connectivity index (χ0) is 12.7. The first-order valence-corrected chi connectivity index (χ1v) is 5.92. The van der Waals surface area contributed by atoms with Crippen LogP contribution in [0, 0.1) is 0 Å². The number of thiocarbonyl (C=S) groups is 1. The first kappa shape index (κ1) is 13.7. The van der Waals surface area contributed by atoms with Crippen molar-refractivity contribution in [3.63, 3.8) is 0 Å². The molecular formula is C12H18N2O2S. The van der Waals surface area contributed by atoms with Gasteiger partial charge in [-0.15, -0.1) is 0 Å². The Bertz CT molecular complexity index is 350. The highest BCUT2D eigenvalue weighted by Crippen LogP contribution is 2.14. The third kappa shape index (κ3) is 4.58. The Morgan fingerprint density at radius 3 is 2.53 bits per heavy atom. The molecule has 1 atom stereocenters. The molecule has 94 valence electrons. The van der Waals surface area contributed by atoms with Crippen molar-refractivity contribution in [1.29, 1.82) is 0 Å². The summed E-state index contributed by atoms with van der Waals surface area (Å²) in [7, 11) is 1.63. The van der Waals surface area contributed by atoms with Gasteiger partial charge in [0, 0.05) is 5.69 Å². The van der Waals surface area contributed by atoms with Gasteiger partial charge in [-0.1, -0.05) is 6.92 Å². The summed E-state index contributed by atoms with van der Waals surface area (Å²) in [5.74, 6) is 0.802. The van der Waals surface area contributed by atoms with E-state index in [0.717, 1.165) is 17.9 Å². The fraction of sp³-hybridized carbons (Fsp3) is 0.417. The molecule has 1 aromatic rings. The molecule has 0 aliphatic heterocycles. The largest absolute Gasteiger partial charge is 0.497 e. The second kappa shape index (κ2) is 7.09. The van der Waals surface area contributed by atoms with Crippen LogP contribution in [0.4, 0.5) is 5.69 Å². The fourth-order valence-electron chi connectivity index (χ4n) is 1.30. The second-order valence-corrected chi connectivity index (χ2v) is 4.02. The van der Waals surface area contributed by atoms with Crippen molar-refractivity contribution in [1.82, 2.24) is 5.32 Å². The Morgan fingerprint density at radius 1 is 1.41 bits per heavy atom. The molecule has 1 aromatic carbocycles. The summed E-state index contributed by atoms with van der Waals surface area (Å²) in [6, 6.07) is 7.47. The molecule has 0 aliphatic carbocycles. The maximum absolute atomic E-state index is 9.04. The number of hydrogen-bond donors (Lipinski definition) is 3. The molecular weight excluding hydrogens is 236 g/mol. The minimum atomic E-state index is -0.00625. The van der Waals surface area contributed by atoms with E-state index in [1.165, 1.54) is 0 Å². The van der Waals surface area contributed by atoms with Crippen LogP contribution in [-0.2, 0) is 0 Å². The normalized spacial score (nSPS) is 11.7. The van der Waals surface area contributed by atoms with E-state index in [1.54, 1.807) is 7.11 Å². The number of nitrogens with one attached hydrogen (secondary N) is 2. The minimum Gasteiger partial charge on any atom is -0.497 e. The maximum atomic E-state index is 9.04. The summed E-state index contributed by atoms with van der Waals surface area (Å²) in [5.41, 5.74) is 0.885. The van der Waals surface area contributed by atoms with Gasteiger partial charge in [0.05, 0.1) is 19.8 Å². The van der Waals surface area contributed by atoms with Crippen molar-refractivity contribution in [3.8, 4) is 5.75 Å². The van der Waals surface area contributed by atoms with Gasteiger partial charge in [0.2, 0.25) is 0 Å². The van der Waals surface area contributed by atoms with Crippen LogP contribution in [0.3, 0.4) is 0 Å². The highest BCUT2D eigenvalue weighted by molar-refractivity contribution is 7.80. The Balaban J connectivity index is 2.49. The minimum absolute atomic E-state index is 0.00625. The average Bonchev–Trinajstić information content (AvgIpc) is 2.37. The summed E-state index contributed by atoms with van der Waals surface area (Å²) >= 11 is 5.14. The number of rotatable bonds is 5. The molecule has 0 aliphatic rings. The molecule has 1 rings (SSSR count). The molecule has 0 unspecified atom stereocenters. The number of aliphatic hydroxyl groups excluding tert-OH is 1. The third-order valence-electron chi connectivity index (χ3n) is 2.40. The molecule has 0 spiro atoms. The Labute approximate surface area is 107 Å². The molecule has 4 nitrogen and oxygen atoms in total. The Kier molecular flexibility index (Phi) is 5.72. The zero-order valence-corrected chi connectivity index (χ0v) is 10.9. The van der Waals surface area contributed by atoms with Crippen LogP contribution < -0.4 is 15.4 Å². The number of hydrogen-bond acceptors (Lipinski definition) is 3. The summed E-state index contributed by atoms with van der Waals surface area (Å²) in [6.07, 6.45) is 0.820. The van der Waals surface area contributed by atoms with Crippen LogP contribution >= 0.6 is 12.2 Å². The first-order chi connectivity index (χ1) is 8.19. The van der Waals surface area contributed by atoms with Gasteiger partial charge in [-0.05, 0) is 42.9 Å². The summed E-state index contributed by atoms with van der Waals surface area (Å²) in [4.78, 5) is 0. The van der Waals surface area contributed by atoms with Crippen molar-refractivity contribution in [2.24, 2.45) is 0 Å². The molecule has 0 radical (unpaired) electrons. The maximum Gasteiger partial charge on any atom is 0.171 e. The van der Waals surface area contributed by atoms with Crippen LogP contribution in [0.1, 0.15) is 13.3 Å². The van der Waals surface area contributed by atoms with Gasteiger partial charge < -0.3 is 20.5 Å². The van der Waals surface area contributed by atoms with E-state index in [4.69, 9.17) is 22.1 Å². The smallest absolute Gasteiger partial charge is 0.171 e. The van der Waals surface area contributed by atoms with Gasteiger partial charge in [-0.25, -0.2) is 0 Å². The molecule has 5 heteroatoms. The number of methoxy groups -OCH3 is 1. The van der Waals surface area contributed by atoms with E-state index in [-0.39, 0.29) is 12.6 Å². The van der Waals surface area contributed by atoms with Crippen molar-refractivity contribution < 1.29 is 9.84 Å². The lowest BCUT2D eigenvalue weighted by Crippen LogP contribution is -2.39. The SMILES string of the molecule is CC[C@H](CO)NC(=S)Nc1ccc(OC)cc1. The second-order valence-electron chi connectivity index (χ2n) is 3.61. The van der Waals surface area contributed by atoms with Gasteiger partial charge in [-0.3, -0.25) is 0 Å². The number of anilines is 1. The number of benzene rings is 1. The molecule has 0 aromatic heterocycles. The van der Waals surface area contributed by atoms with Crippen molar-refractivity contribution >= 4 is 23.0 Å². The van der Waals surface area contributed by atoms with Crippen LogP contribution in [0.5, 0.6) is 5.75 Å². The van der Waals surface area contributed by atoms with Crippen molar-refractivity contribution in [2.45, 2.75) is 19.4 Å². The third-order valence-corrected chi connectivity index (χ3v) is 2.62. The Hall–Kier alpha value is -1.33. The standard InChI is InChI=1S/C12H18N2O2S/c1-3-9(8-15)13-12(17)14-10-4-6-11(16-2)7-5-10/h4-7,9,15H,3,8H2,1-2H3,(H2,13,14,17)/t9-/m1/s1. The monoisotopic (exact) mass is 254 g/mol. The van der Waals surface area contributed by atoms with E-state index < -0.39 is 0 Å². The topological polar surface area (TPSA) is 53.5 Å². The predicted octanol–water partition coefficient (Wildman–Crippen LogP) is 1.75. The summed E-state index contributed by atoms with van der Waals surface area (Å²) in [5, 5.41) is 15.6. The van der Waals surface area contributed by atoms with Gasteiger partial charge in [0.25, 0.3) is 0 Å². The van der Waals surface area contributed by atoms with Gasteiger partial charge >= 0.3 is 0 Å². The quantitative estimate of drug-likeness (QED) is 0.699. The van der Waals surface area contributed by atoms with E-state index in [2.05, 4.69) is 10.6 Å². The average molecular weight is 254 g/mol. The van der Waals surface area contributed by atoms with Gasteiger partial charge in [0.15, 0.2) is 5.11 Å². The predicted molar refractivity (Wildman–Crippen MR) is 73.5 cm³/mol. The van der Waals surface area contributed by atoms with E-state index in [9.17, 15) is 0 Å². The van der Waals surface area contributed by atoms with E-state index in [1.807, 2.05) is 31.2 Å².